The van der Waals surface area contributed by atoms with Crippen molar-refractivity contribution in [3.8, 4) is 5.75 Å². The average Bonchev–Trinajstić information content (AvgIpc) is 2.60. The number of methoxy groups -OCH3 is 1. The Morgan fingerprint density at radius 3 is 2.83 bits per heavy atom. The first-order chi connectivity index (χ1) is 11.6. The maximum atomic E-state index is 11.9. The molecule has 0 radical (unpaired) electrons. The lowest BCUT2D eigenvalue weighted by atomic mass is 9.86. The van der Waals surface area contributed by atoms with Crippen molar-refractivity contribution in [2.75, 3.05) is 13.7 Å². The van der Waals surface area contributed by atoms with E-state index in [0.29, 0.717) is 11.7 Å². The summed E-state index contributed by atoms with van der Waals surface area (Å²) in [6.45, 7) is 1.90. The molecule has 1 fully saturated rings. The van der Waals surface area contributed by atoms with Crippen LogP contribution in [0.25, 0.3) is 6.08 Å². The summed E-state index contributed by atoms with van der Waals surface area (Å²) in [7, 11) is 1.59. The number of rotatable bonds is 6. The molecule has 1 aliphatic rings. The van der Waals surface area contributed by atoms with E-state index < -0.39 is 5.97 Å². The van der Waals surface area contributed by atoms with Crippen LogP contribution in [-0.4, -0.2) is 31.6 Å². The molecule has 1 aromatic carbocycles. The van der Waals surface area contributed by atoms with E-state index in [1.165, 1.54) is 12.5 Å². The first-order valence-corrected chi connectivity index (χ1v) is 8.36. The normalized spacial score (nSPS) is 20.6. The second-order valence-electron chi connectivity index (χ2n) is 6.15. The summed E-state index contributed by atoms with van der Waals surface area (Å²) >= 11 is 0. The Hall–Kier alpha value is -2.30. The fraction of sp³-hybridized carbons (Fsp3) is 0.474. The SMILES string of the molecule is COc1cccc(/C=C/C(=O)OCC(=O)NC2CCCCC2C)c1. The van der Waals surface area contributed by atoms with E-state index in [1.54, 1.807) is 19.3 Å². The van der Waals surface area contributed by atoms with E-state index in [-0.39, 0.29) is 18.6 Å². The average molecular weight is 331 g/mol. The minimum atomic E-state index is -0.537. The summed E-state index contributed by atoms with van der Waals surface area (Å²) in [6, 6.07) is 7.51. The van der Waals surface area contributed by atoms with Crippen LogP contribution in [-0.2, 0) is 14.3 Å². The highest BCUT2D eigenvalue weighted by atomic mass is 16.5. The van der Waals surface area contributed by atoms with Gasteiger partial charge in [0.05, 0.1) is 7.11 Å². The first-order valence-electron chi connectivity index (χ1n) is 8.36. The van der Waals surface area contributed by atoms with Gasteiger partial charge in [-0.2, -0.15) is 0 Å². The molecule has 1 saturated carbocycles. The topological polar surface area (TPSA) is 64.6 Å². The van der Waals surface area contributed by atoms with Crippen LogP contribution in [0.3, 0.4) is 0 Å². The van der Waals surface area contributed by atoms with E-state index >= 15 is 0 Å². The molecule has 130 valence electrons. The molecule has 24 heavy (non-hydrogen) atoms. The van der Waals surface area contributed by atoms with Crippen molar-refractivity contribution in [1.29, 1.82) is 0 Å². The number of hydrogen-bond donors (Lipinski definition) is 1. The van der Waals surface area contributed by atoms with Gasteiger partial charge in [0.15, 0.2) is 6.61 Å². The summed E-state index contributed by atoms with van der Waals surface area (Å²) in [5.74, 6) is 0.416. The zero-order valence-electron chi connectivity index (χ0n) is 14.3. The molecule has 0 bridgehead atoms. The zero-order chi connectivity index (χ0) is 17.4. The van der Waals surface area contributed by atoms with Crippen molar-refractivity contribution >= 4 is 18.0 Å². The lowest BCUT2D eigenvalue weighted by Gasteiger charge is -2.29. The maximum Gasteiger partial charge on any atom is 0.331 e. The quantitative estimate of drug-likeness (QED) is 0.643. The molecule has 1 N–H and O–H groups in total. The number of benzene rings is 1. The van der Waals surface area contributed by atoms with Gasteiger partial charge in [-0.3, -0.25) is 4.79 Å². The van der Waals surface area contributed by atoms with E-state index in [9.17, 15) is 9.59 Å². The van der Waals surface area contributed by atoms with Gasteiger partial charge in [-0.25, -0.2) is 4.79 Å². The number of carbonyl (C=O) groups excluding carboxylic acids is 2. The molecule has 0 spiro atoms. The Balaban J connectivity index is 1.75. The Bertz CT molecular complexity index is 597. The molecular weight excluding hydrogens is 306 g/mol. The van der Waals surface area contributed by atoms with Crippen LogP contribution in [0.2, 0.25) is 0 Å². The molecule has 1 amide bonds. The molecule has 0 aromatic heterocycles. The van der Waals surface area contributed by atoms with Gasteiger partial charge >= 0.3 is 5.97 Å². The van der Waals surface area contributed by atoms with Crippen LogP contribution < -0.4 is 10.1 Å². The van der Waals surface area contributed by atoms with Crippen molar-refractivity contribution in [3.05, 3.63) is 35.9 Å². The van der Waals surface area contributed by atoms with Gasteiger partial charge in [-0.15, -0.1) is 0 Å². The second kappa shape index (κ2) is 9.11. The molecule has 2 rings (SSSR count). The van der Waals surface area contributed by atoms with Crippen LogP contribution in [0, 0.1) is 5.92 Å². The minimum absolute atomic E-state index is 0.192. The van der Waals surface area contributed by atoms with Gasteiger partial charge in [0.2, 0.25) is 0 Å². The van der Waals surface area contributed by atoms with Gasteiger partial charge < -0.3 is 14.8 Å². The number of hydrogen-bond acceptors (Lipinski definition) is 4. The molecule has 5 heteroatoms. The Kier molecular flexibility index (Phi) is 6.85. The smallest absolute Gasteiger partial charge is 0.331 e. The minimum Gasteiger partial charge on any atom is -0.497 e. The van der Waals surface area contributed by atoms with Crippen molar-refractivity contribution in [2.45, 2.75) is 38.6 Å². The predicted molar refractivity (Wildman–Crippen MR) is 92.5 cm³/mol. The Morgan fingerprint density at radius 1 is 1.29 bits per heavy atom. The molecule has 1 aromatic rings. The number of nitrogens with one attached hydrogen (secondary N) is 1. The maximum absolute atomic E-state index is 11.9. The highest BCUT2D eigenvalue weighted by Crippen LogP contribution is 2.23. The number of ether oxygens (including phenoxy) is 2. The summed E-state index contributed by atoms with van der Waals surface area (Å²) in [4.78, 5) is 23.6. The van der Waals surface area contributed by atoms with Crippen molar-refractivity contribution in [2.24, 2.45) is 5.92 Å². The third-order valence-corrected chi connectivity index (χ3v) is 4.31. The van der Waals surface area contributed by atoms with E-state index in [4.69, 9.17) is 9.47 Å². The lowest BCUT2D eigenvalue weighted by Crippen LogP contribution is -2.42. The van der Waals surface area contributed by atoms with Gasteiger partial charge in [-0.1, -0.05) is 31.9 Å². The van der Waals surface area contributed by atoms with Gasteiger partial charge in [0.1, 0.15) is 5.75 Å². The van der Waals surface area contributed by atoms with Crippen molar-refractivity contribution < 1.29 is 19.1 Å². The van der Waals surface area contributed by atoms with E-state index in [0.717, 1.165) is 24.8 Å². The third-order valence-electron chi connectivity index (χ3n) is 4.31. The fourth-order valence-electron chi connectivity index (χ4n) is 2.87. The van der Waals surface area contributed by atoms with E-state index in [2.05, 4.69) is 12.2 Å². The van der Waals surface area contributed by atoms with Crippen LogP contribution in [0.1, 0.15) is 38.2 Å². The molecular formula is C19H25NO4. The number of amides is 1. The van der Waals surface area contributed by atoms with Crippen molar-refractivity contribution in [3.63, 3.8) is 0 Å². The summed E-state index contributed by atoms with van der Waals surface area (Å²) in [5, 5.41) is 2.96. The molecule has 2 unspecified atom stereocenters. The van der Waals surface area contributed by atoms with Crippen molar-refractivity contribution in [1.82, 2.24) is 5.32 Å². The zero-order valence-corrected chi connectivity index (χ0v) is 14.3. The molecule has 2 atom stereocenters. The monoisotopic (exact) mass is 331 g/mol. The summed E-state index contributed by atoms with van der Waals surface area (Å²) < 4.78 is 10.1. The summed E-state index contributed by atoms with van der Waals surface area (Å²) in [6.07, 6.45) is 7.43. The largest absolute Gasteiger partial charge is 0.497 e. The van der Waals surface area contributed by atoms with Crippen LogP contribution in [0.15, 0.2) is 30.3 Å². The van der Waals surface area contributed by atoms with E-state index in [1.807, 2.05) is 18.2 Å². The number of carbonyl (C=O) groups is 2. The van der Waals surface area contributed by atoms with Gasteiger partial charge in [0, 0.05) is 12.1 Å². The molecule has 0 saturated heterocycles. The van der Waals surface area contributed by atoms with Crippen LogP contribution in [0.4, 0.5) is 0 Å². The molecule has 0 heterocycles. The lowest BCUT2D eigenvalue weighted by molar-refractivity contribution is -0.144. The van der Waals surface area contributed by atoms with Crippen LogP contribution >= 0.6 is 0 Å². The Morgan fingerprint density at radius 2 is 2.08 bits per heavy atom. The fourth-order valence-corrected chi connectivity index (χ4v) is 2.87. The predicted octanol–water partition coefficient (Wildman–Crippen LogP) is 2.95. The highest BCUT2D eigenvalue weighted by molar-refractivity contribution is 5.89. The molecule has 1 aliphatic carbocycles. The number of esters is 1. The second-order valence-corrected chi connectivity index (χ2v) is 6.15. The standard InChI is InChI=1S/C19H25NO4/c1-14-6-3-4-9-17(14)20-18(21)13-24-19(22)11-10-15-7-5-8-16(12-15)23-2/h5,7-8,10-12,14,17H,3-4,6,9,13H2,1-2H3,(H,20,21)/b11-10+. The molecule has 0 aliphatic heterocycles. The van der Waals surface area contributed by atoms with Crippen LogP contribution in [0.5, 0.6) is 5.75 Å². The van der Waals surface area contributed by atoms with Gasteiger partial charge in [0.25, 0.3) is 5.91 Å². The summed E-state index contributed by atoms with van der Waals surface area (Å²) in [5.41, 5.74) is 0.826. The Labute approximate surface area is 143 Å². The third kappa shape index (κ3) is 5.72. The first kappa shape index (κ1) is 18.0. The molecule has 5 nitrogen and oxygen atoms in total. The van der Waals surface area contributed by atoms with Gasteiger partial charge in [-0.05, 0) is 42.5 Å². The highest BCUT2D eigenvalue weighted by Gasteiger charge is 2.22.